The Labute approximate surface area is 189 Å². The Hall–Kier alpha value is -1.95. The van der Waals surface area contributed by atoms with E-state index in [1.165, 1.54) is 0 Å². The first-order valence-corrected chi connectivity index (χ1v) is 10.8. The fraction of sp³-hybridized carbons (Fsp3) is 0.364. The van der Waals surface area contributed by atoms with E-state index in [1.54, 1.807) is 48.2 Å². The predicted molar refractivity (Wildman–Crippen MR) is 116 cm³/mol. The zero-order valence-electron chi connectivity index (χ0n) is 16.3. The molecule has 158 valence electrons. The van der Waals surface area contributed by atoms with Crippen molar-refractivity contribution in [1.29, 1.82) is 0 Å². The third-order valence-corrected chi connectivity index (χ3v) is 6.35. The second-order valence-corrected chi connectivity index (χ2v) is 8.97. The van der Waals surface area contributed by atoms with Crippen LogP contribution in [0.5, 0.6) is 11.5 Å². The topological polar surface area (TPSA) is 55.8 Å². The number of nitrogens with zero attached hydrogens (tertiary/aromatic N) is 1. The fourth-order valence-electron chi connectivity index (χ4n) is 3.95. The van der Waals surface area contributed by atoms with E-state index in [0.29, 0.717) is 58.1 Å². The van der Waals surface area contributed by atoms with E-state index < -0.39 is 11.7 Å². The van der Waals surface area contributed by atoms with E-state index in [0.717, 1.165) is 0 Å². The molecular formula is C22H20Cl3NO4. The van der Waals surface area contributed by atoms with Crippen molar-refractivity contribution in [2.45, 2.75) is 37.9 Å². The second kappa shape index (κ2) is 8.29. The molecule has 0 N–H and O–H groups in total. The number of benzene rings is 2. The lowest BCUT2D eigenvalue weighted by molar-refractivity contribution is -0.141. The van der Waals surface area contributed by atoms with E-state index in [-0.39, 0.29) is 18.1 Å². The summed E-state index contributed by atoms with van der Waals surface area (Å²) in [7, 11) is 0. The van der Waals surface area contributed by atoms with E-state index >= 15 is 0 Å². The van der Waals surface area contributed by atoms with Gasteiger partial charge in [-0.1, -0.05) is 34.8 Å². The van der Waals surface area contributed by atoms with Gasteiger partial charge in [0, 0.05) is 36.0 Å². The average molecular weight is 469 g/mol. The number of ketones is 1. The van der Waals surface area contributed by atoms with E-state index in [1.807, 2.05) is 0 Å². The highest BCUT2D eigenvalue weighted by Gasteiger charge is 2.44. The molecule has 0 aliphatic carbocycles. The van der Waals surface area contributed by atoms with Crippen molar-refractivity contribution in [3.63, 3.8) is 0 Å². The summed E-state index contributed by atoms with van der Waals surface area (Å²) in [5.41, 5.74) is -0.0633. The molecule has 1 atom stereocenters. The Bertz CT molecular complexity index is 1000. The summed E-state index contributed by atoms with van der Waals surface area (Å²) in [5, 5.41) is 1.36. The van der Waals surface area contributed by atoms with Gasteiger partial charge in [-0.3, -0.25) is 9.59 Å². The number of Topliss-reactive ketones (excluding diaryl/α,β-unsaturated/α-hetero) is 1. The second-order valence-electron chi connectivity index (χ2n) is 7.69. The van der Waals surface area contributed by atoms with Crippen LogP contribution in [0.3, 0.4) is 0 Å². The zero-order chi connectivity index (χ0) is 21.5. The molecule has 2 aromatic carbocycles. The summed E-state index contributed by atoms with van der Waals surface area (Å²) in [6.45, 7) is 2.66. The molecule has 2 heterocycles. The van der Waals surface area contributed by atoms with Crippen LogP contribution in [0.15, 0.2) is 36.4 Å². The quantitative estimate of drug-likeness (QED) is 0.602. The standard InChI is InChI=1S/C22H20Cl3NO4/c1-13(29-20-5-3-15(24)11-17(20)25)21(28)26-8-6-22(7-9-26)12-18(27)16-10-14(23)2-4-19(16)30-22/h2-5,10-11,13H,6-9,12H2,1H3. The van der Waals surface area contributed by atoms with Gasteiger partial charge in [0.2, 0.25) is 0 Å². The molecule has 0 radical (unpaired) electrons. The molecule has 0 saturated carbocycles. The summed E-state index contributed by atoms with van der Waals surface area (Å²) in [4.78, 5) is 27.2. The van der Waals surface area contributed by atoms with Gasteiger partial charge in [0.05, 0.1) is 17.0 Å². The van der Waals surface area contributed by atoms with Gasteiger partial charge in [-0.05, 0) is 43.3 Å². The molecule has 2 aliphatic heterocycles. The third-order valence-electron chi connectivity index (χ3n) is 5.58. The van der Waals surface area contributed by atoms with Crippen molar-refractivity contribution < 1.29 is 19.1 Å². The molecule has 1 fully saturated rings. The third kappa shape index (κ3) is 4.25. The van der Waals surface area contributed by atoms with Gasteiger partial charge in [0.1, 0.15) is 17.1 Å². The van der Waals surface area contributed by atoms with Crippen LogP contribution in [0.4, 0.5) is 0 Å². The first-order chi connectivity index (χ1) is 14.3. The Morgan fingerprint density at radius 1 is 1.10 bits per heavy atom. The molecule has 0 bridgehead atoms. The van der Waals surface area contributed by atoms with Crippen LogP contribution in [-0.4, -0.2) is 41.4 Å². The Balaban J connectivity index is 1.40. The molecule has 0 aromatic heterocycles. The van der Waals surface area contributed by atoms with Crippen molar-refractivity contribution in [2.24, 2.45) is 0 Å². The predicted octanol–water partition coefficient (Wildman–Crippen LogP) is 5.44. The Morgan fingerprint density at radius 3 is 2.47 bits per heavy atom. The van der Waals surface area contributed by atoms with Crippen LogP contribution in [0.1, 0.15) is 36.5 Å². The minimum atomic E-state index is -0.700. The molecule has 30 heavy (non-hydrogen) atoms. The lowest BCUT2D eigenvalue weighted by Crippen LogP contribution is -2.54. The number of ether oxygens (including phenoxy) is 2. The van der Waals surface area contributed by atoms with Crippen molar-refractivity contribution >= 4 is 46.5 Å². The highest BCUT2D eigenvalue weighted by molar-refractivity contribution is 6.35. The van der Waals surface area contributed by atoms with E-state index in [4.69, 9.17) is 44.3 Å². The summed E-state index contributed by atoms with van der Waals surface area (Å²) in [5.74, 6) is 0.856. The summed E-state index contributed by atoms with van der Waals surface area (Å²) < 4.78 is 12.0. The molecule has 2 aromatic rings. The molecular weight excluding hydrogens is 449 g/mol. The average Bonchev–Trinajstić information content (AvgIpc) is 2.71. The highest BCUT2D eigenvalue weighted by atomic mass is 35.5. The number of halogens is 3. The van der Waals surface area contributed by atoms with E-state index in [9.17, 15) is 9.59 Å². The van der Waals surface area contributed by atoms with Gasteiger partial charge in [-0.15, -0.1) is 0 Å². The smallest absolute Gasteiger partial charge is 0.263 e. The van der Waals surface area contributed by atoms with Gasteiger partial charge in [0.25, 0.3) is 5.91 Å². The summed E-state index contributed by atoms with van der Waals surface area (Å²) >= 11 is 18.0. The van der Waals surface area contributed by atoms with Crippen LogP contribution in [0.2, 0.25) is 15.1 Å². The molecule has 5 nitrogen and oxygen atoms in total. The number of piperidine rings is 1. The number of rotatable bonds is 3. The lowest BCUT2D eigenvalue weighted by Gasteiger charge is -2.44. The van der Waals surface area contributed by atoms with Crippen LogP contribution in [-0.2, 0) is 4.79 Å². The van der Waals surface area contributed by atoms with Crippen LogP contribution in [0, 0.1) is 0 Å². The number of hydrogen-bond donors (Lipinski definition) is 0. The lowest BCUT2D eigenvalue weighted by atomic mass is 9.82. The molecule has 1 unspecified atom stereocenters. The number of amides is 1. The monoisotopic (exact) mass is 467 g/mol. The Morgan fingerprint density at radius 2 is 1.77 bits per heavy atom. The molecule has 8 heteroatoms. The van der Waals surface area contributed by atoms with Crippen molar-refractivity contribution in [1.82, 2.24) is 4.90 Å². The number of carbonyl (C=O) groups is 2. The maximum absolute atomic E-state index is 12.9. The SMILES string of the molecule is CC(Oc1ccc(Cl)cc1Cl)C(=O)N1CCC2(CC1)CC(=O)c1cc(Cl)ccc1O2. The minimum absolute atomic E-state index is 0.0209. The number of carbonyl (C=O) groups excluding carboxylic acids is 2. The highest BCUT2D eigenvalue weighted by Crippen LogP contribution is 2.40. The molecule has 1 amide bonds. The van der Waals surface area contributed by atoms with Crippen LogP contribution < -0.4 is 9.47 Å². The summed E-state index contributed by atoms with van der Waals surface area (Å²) in [6.07, 6.45) is 0.728. The van der Waals surface area contributed by atoms with Gasteiger partial charge in [0.15, 0.2) is 11.9 Å². The molecule has 1 saturated heterocycles. The van der Waals surface area contributed by atoms with Gasteiger partial charge in [-0.25, -0.2) is 0 Å². The summed E-state index contributed by atoms with van der Waals surface area (Å²) in [6, 6.07) is 9.97. The van der Waals surface area contributed by atoms with Gasteiger partial charge >= 0.3 is 0 Å². The van der Waals surface area contributed by atoms with Gasteiger partial charge < -0.3 is 14.4 Å². The van der Waals surface area contributed by atoms with Crippen LogP contribution >= 0.6 is 34.8 Å². The van der Waals surface area contributed by atoms with E-state index in [2.05, 4.69) is 0 Å². The number of fused-ring (bicyclic) bond motifs is 1. The number of hydrogen-bond acceptors (Lipinski definition) is 4. The van der Waals surface area contributed by atoms with Crippen molar-refractivity contribution in [3.8, 4) is 11.5 Å². The molecule has 4 rings (SSSR count). The van der Waals surface area contributed by atoms with Crippen LogP contribution in [0.25, 0.3) is 0 Å². The zero-order valence-corrected chi connectivity index (χ0v) is 18.6. The first-order valence-electron chi connectivity index (χ1n) is 9.69. The molecule has 2 aliphatic rings. The maximum Gasteiger partial charge on any atom is 0.263 e. The van der Waals surface area contributed by atoms with Gasteiger partial charge in [-0.2, -0.15) is 0 Å². The number of likely N-dealkylation sites (tertiary alicyclic amines) is 1. The Kier molecular flexibility index (Phi) is 5.88. The normalized spacial score (nSPS) is 18.5. The van der Waals surface area contributed by atoms with Crippen molar-refractivity contribution in [3.05, 3.63) is 57.0 Å². The molecule has 1 spiro atoms. The minimum Gasteiger partial charge on any atom is -0.486 e. The maximum atomic E-state index is 12.9. The first kappa shape index (κ1) is 21.3. The van der Waals surface area contributed by atoms with Crippen molar-refractivity contribution in [2.75, 3.05) is 13.1 Å². The largest absolute Gasteiger partial charge is 0.486 e. The fourth-order valence-corrected chi connectivity index (χ4v) is 4.57.